The summed E-state index contributed by atoms with van der Waals surface area (Å²) in [5, 5.41) is 8.70. The van der Waals surface area contributed by atoms with Crippen LogP contribution in [0.4, 0.5) is 0 Å². The van der Waals surface area contributed by atoms with Crippen LogP contribution in [0.25, 0.3) is 0 Å². The van der Waals surface area contributed by atoms with Gasteiger partial charge in [0.1, 0.15) is 17.7 Å². The zero-order valence-electron chi connectivity index (χ0n) is 31.5. The number of morpholine rings is 1. The van der Waals surface area contributed by atoms with Crippen LogP contribution in [0.2, 0.25) is 0 Å². The van der Waals surface area contributed by atoms with Crippen LogP contribution in [0.3, 0.4) is 0 Å². The van der Waals surface area contributed by atoms with Gasteiger partial charge in [-0.15, -0.1) is 0 Å². The average molecular weight is 723 g/mol. The third-order valence-electron chi connectivity index (χ3n) is 9.48. The average Bonchev–Trinajstić information content (AvgIpc) is 3.87. The van der Waals surface area contributed by atoms with E-state index in [-0.39, 0.29) is 43.4 Å². The first kappa shape index (κ1) is 40.9. The number of nitrogens with one attached hydrogen (secondary N) is 3. The topological polar surface area (TPSA) is 156 Å². The van der Waals surface area contributed by atoms with Gasteiger partial charge in [0.25, 0.3) is 5.91 Å². The minimum Gasteiger partial charge on any atom is -0.451 e. The molecule has 0 radical (unpaired) electrons. The van der Waals surface area contributed by atoms with Gasteiger partial charge in [0, 0.05) is 19.5 Å². The van der Waals surface area contributed by atoms with Gasteiger partial charge in [-0.05, 0) is 68.4 Å². The zero-order chi connectivity index (χ0) is 37.7. The molecule has 0 bridgehead atoms. The number of esters is 1. The van der Waals surface area contributed by atoms with Gasteiger partial charge in [0.05, 0.1) is 32.4 Å². The molecule has 3 aliphatic rings. The summed E-state index contributed by atoms with van der Waals surface area (Å²) in [6, 6.07) is 6.81. The Balaban J connectivity index is 1.50. The molecule has 2 fully saturated rings. The van der Waals surface area contributed by atoms with Crippen LogP contribution in [-0.2, 0) is 44.6 Å². The Labute approximate surface area is 308 Å². The number of epoxide rings is 1. The monoisotopic (exact) mass is 722 g/mol. The van der Waals surface area contributed by atoms with Gasteiger partial charge in [-0.25, -0.2) is 0 Å². The Morgan fingerprint density at radius 3 is 2.08 bits per heavy atom. The normalized spacial score (nSPS) is 21.0. The number of benzene rings is 1. The van der Waals surface area contributed by atoms with Crippen molar-refractivity contribution in [2.45, 2.75) is 109 Å². The highest BCUT2D eigenvalue weighted by Crippen LogP contribution is 2.30. The van der Waals surface area contributed by atoms with E-state index in [1.165, 1.54) is 0 Å². The van der Waals surface area contributed by atoms with Crippen molar-refractivity contribution >= 4 is 29.5 Å². The molecule has 52 heavy (non-hydrogen) atoms. The Hall–Kier alpha value is -3.87. The van der Waals surface area contributed by atoms with Gasteiger partial charge in [0.15, 0.2) is 11.9 Å². The van der Waals surface area contributed by atoms with Gasteiger partial charge in [-0.3, -0.25) is 28.9 Å². The molecular formula is C40H58N4O8. The highest BCUT2D eigenvalue weighted by molar-refractivity contribution is 5.98. The van der Waals surface area contributed by atoms with Gasteiger partial charge >= 0.3 is 5.97 Å². The Morgan fingerprint density at radius 1 is 0.846 bits per heavy atom. The van der Waals surface area contributed by atoms with Gasteiger partial charge in [-0.2, -0.15) is 0 Å². The predicted octanol–water partition coefficient (Wildman–Crippen LogP) is 3.43. The van der Waals surface area contributed by atoms with Crippen molar-refractivity contribution in [1.82, 2.24) is 20.9 Å². The minimum atomic E-state index is -1.14. The van der Waals surface area contributed by atoms with Crippen molar-refractivity contribution in [2.75, 3.05) is 39.5 Å². The summed E-state index contributed by atoms with van der Waals surface area (Å²) in [5.74, 6) is -2.18. The van der Waals surface area contributed by atoms with Crippen molar-refractivity contribution in [2.24, 2.45) is 11.8 Å². The van der Waals surface area contributed by atoms with E-state index in [4.69, 9.17) is 14.2 Å². The Kier molecular flexibility index (Phi) is 15.6. The summed E-state index contributed by atoms with van der Waals surface area (Å²) in [7, 11) is 0. The third-order valence-corrected chi connectivity index (χ3v) is 9.48. The molecule has 286 valence electrons. The van der Waals surface area contributed by atoms with Gasteiger partial charge in [-0.1, -0.05) is 76.3 Å². The lowest BCUT2D eigenvalue weighted by molar-refractivity contribution is -0.158. The number of carbonyl (C=O) groups excluding carboxylic acids is 5. The lowest BCUT2D eigenvalue weighted by Gasteiger charge is -2.29. The molecule has 2 saturated heterocycles. The fraction of sp³-hybridized carbons (Fsp3) is 0.625. The lowest BCUT2D eigenvalue weighted by atomic mass is 9.92. The van der Waals surface area contributed by atoms with Crippen LogP contribution in [0.5, 0.6) is 0 Å². The SMILES string of the molecule is CC(C)C[C@H](NC(=O)[C@H](CCc1ccccc1)OC(=O)CN1CCOCC1)C(=O)N[C@@H](CC1=CCCC=C1)C(=O)N[C@@H](CC(C)C)C(=O)C1(C)CO1. The number of rotatable bonds is 20. The smallest absolute Gasteiger partial charge is 0.320 e. The van der Waals surface area contributed by atoms with Crippen LogP contribution >= 0.6 is 0 Å². The number of aryl methyl sites for hydroxylation is 1. The Bertz CT molecular complexity index is 1430. The molecule has 2 heterocycles. The fourth-order valence-corrected chi connectivity index (χ4v) is 6.42. The fourth-order valence-electron chi connectivity index (χ4n) is 6.42. The molecule has 0 aromatic heterocycles. The molecule has 0 saturated carbocycles. The maximum Gasteiger partial charge on any atom is 0.320 e. The molecule has 4 rings (SSSR count). The summed E-state index contributed by atoms with van der Waals surface area (Å²) >= 11 is 0. The first-order valence-electron chi connectivity index (χ1n) is 18.8. The highest BCUT2D eigenvalue weighted by atomic mass is 16.6. The Morgan fingerprint density at radius 2 is 1.46 bits per heavy atom. The summed E-state index contributed by atoms with van der Waals surface area (Å²) in [6.07, 6.45) is 8.21. The van der Waals surface area contributed by atoms with E-state index in [9.17, 15) is 24.0 Å². The zero-order valence-corrected chi connectivity index (χ0v) is 31.5. The summed E-state index contributed by atoms with van der Waals surface area (Å²) in [4.78, 5) is 70.2. The van der Waals surface area contributed by atoms with E-state index in [2.05, 4.69) is 16.0 Å². The van der Waals surface area contributed by atoms with Gasteiger partial charge < -0.3 is 30.2 Å². The van der Waals surface area contributed by atoms with E-state index in [1.807, 2.05) is 81.2 Å². The highest BCUT2D eigenvalue weighted by Gasteiger charge is 2.50. The number of hydrogen-bond donors (Lipinski definition) is 3. The molecule has 1 aromatic carbocycles. The third kappa shape index (κ3) is 13.3. The molecule has 12 nitrogen and oxygen atoms in total. The first-order chi connectivity index (χ1) is 24.8. The quantitative estimate of drug-likeness (QED) is 0.136. The van der Waals surface area contributed by atoms with Crippen molar-refractivity contribution < 1.29 is 38.2 Å². The second-order valence-electron chi connectivity index (χ2n) is 15.2. The van der Waals surface area contributed by atoms with Crippen LogP contribution in [0.1, 0.15) is 78.7 Å². The maximum atomic E-state index is 14.1. The lowest BCUT2D eigenvalue weighted by Crippen LogP contribution is -2.57. The molecule has 2 aliphatic heterocycles. The van der Waals surface area contributed by atoms with E-state index in [0.29, 0.717) is 45.8 Å². The summed E-state index contributed by atoms with van der Waals surface area (Å²) in [5.41, 5.74) is 0.959. The van der Waals surface area contributed by atoms with Crippen LogP contribution < -0.4 is 16.0 Å². The number of carbonyl (C=O) groups is 5. The predicted molar refractivity (Wildman–Crippen MR) is 197 cm³/mol. The summed E-state index contributed by atoms with van der Waals surface area (Å²) in [6.45, 7) is 12.1. The number of allylic oxidation sites excluding steroid dienone is 3. The van der Waals surface area contributed by atoms with Crippen molar-refractivity contribution in [3.8, 4) is 0 Å². The molecule has 3 amide bonds. The standard InChI is InChI=1S/C40H58N4O8/c1-27(2)22-31(36(46)40(5)26-51-40)41-38(48)33(24-30-14-10-7-11-15-30)42-37(47)32(23-28(3)4)43-39(49)34(17-16-29-12-8-6-9-13-29)52-35(45)25-44-18-20-50-21-19-44/h6,8-10,12-15,27-28,31-34H,7,11,16-26H2,1-5H3,(H,41,48)(H,42,47)(H,43,49)/t31-,32-,33-,34-,40?/m0/s1. The molecule has 5 atom stereocenters. The van der Waals surface area contributed by atoms with Crippen LogP contribution in [-0.4, -0.2) is 104 Å². The van der Waals surface area contributed by atoms with Gasteiger partial charge in [0.2, 0.25) is 11.8 Å². The van der Waals surface area contributed by atoms with E-state index in [0.717, 1.165) is 24.0 Å². The van der Waals surface area contributed by atoms with E-state index < -0.39 is 53.5 Å². The number of amides is 3. The first-order valence-corrected chi connectivity index (χ1v) is 18.8. The van der Waals surface area contributed by atoms with E-state index in [1.54, 1.807) is 6.92 Å². The molecule has 1 unspecified atom stereocenters. The van der Waals surface area contributed by atoms with Crippen molar-refractivity contribution in [3.63, 3.8) is 0 Å². The maximum absolute atomic E-state index is 14.1. The molecule has 1 aromatic rings. The second-order valence-corrected chi connectivity index (χ2v) is 15.2. The molecule has 12 heteroatoms. The number of ketones is 1. The van der Waals surface area contributed by atoms with Crippen LogP contribution in [0, 0.1) is 11.8 Å². The molecule has 3 N–H and O–H groups in total. The van der Waals surface area contributed by atoms with Crippen molar-refractivity contribution in [3.05, 3.63) is 59.7 Å². The second kappa shape index (κ2) is 19.8. The molecule has 0 spiro atoms. The van der Waals surface area contributed by atoms with Crippen molar-refractivity contribution in [1.29, 1.82) is 0 Å². The number of hydrogen-bond acceptors (Lipinski definition) is 9. The number of nitrogens with zero attached hydrogens (tertiary/aromatic N) is 1. The number of ether oxygens (including phenoxy) is 3. The molecule has 1 aliphatic carbocycles. The summed E-state index contributed by atoms with van der Waals surface area (Å²) < 4.78 is 16.6. The largest absolute Gasteiger partial charge is 0.451 e. The minimum absolute atomic E-state index is 0.00582. The van der Waals surface area contributed by atoms with E-state index >= 15 is 0 Å². The molecular weight excluding hydrogens is 664 g/mol. The van der Waals surface area contributed by atoms with Crippen LogP contribution in [0.15, 0.2) is 54.1 Å². The number of Topliss-reactive ketones (excluding diaryl/α,β-unsaturated/α-hetero) is 1.